The van der Waals surface area contributed by atoms with Crippen LogP contribution in [0.4, 0.5) is 13.2 Å². The molecule has 0 unspecified atom stereocenters. The number of hydrogen-bond acceptors (Lipinski definition) is 12. The van der Waals surface area contributed by atoms with Crippen molar-refractivity contribution in [2.75, 3.05) is 88.6 Å². The first-order chi connectivity index (χ1) is 45.8. The molecule has 12 amide bonds. The normalized spacial score (nSPS) is 26.5. The van der Waals surface area contributed by atoms with E-state index in [0.717, 1.165) is 83.1 Å². The third-order valence-corrected chi connectivity index (χ3v) is 21.6. The smallest absolute Gasteiger partial charge is 0.343 e. The molecule has 2 saturated heterocycles. The number of rotatable bonds is 9. The molecule has 97 heavy (non-hydrogen) atoms. The summed E-state index contributed by atoms with van der Waals surface area (Å²) in [5.74, 6) is -9.18. The largest absolute Gasteiger partial charge is 0.417 e. The Morgan fingerprint density at radius 1 is 0.680 bits per heavy atom. The van der Waals surface area contributed by atoms with Crippen molar-refractivity contribution in [3.05, 3.63) is 34.3 Å². The molecule has 0 bridgehead atoms. The fourth-order valence-corrected chi connectivity index (χ4v) is 15.1. The van der Waals surface area contributed by atoms with Crippen molar-refractivity contribution in [1.82, 2.24) is 54.7 Å². The summed E-state index contributed by atoms with van der Waals surface area (Å²) in [5, 5.41) is 5.24. The van der Waals surface area contributed by atoms with Crippen LogP contribution in [-0.2, 0) is 70.1 Å². The molecule has 1 aromatic rings. The van der Waals surface area contributed by atoms with Crippen LogP contribution in [0.5, 0.6) is 0 Å². The third-order valence-electron chi connectivity index (χ3n) is 21.3. The molecule has 28 heteroatoms. The quantitative estimate of drug-likeness (QED) is 0.311. The molecule has 24 nitrogen and oxygen atoms in total. The SMILES string of the molecule is CC[C@H](C)C1=NC(=O)[C@H](C)N(C)C(=O)C[C@@H](C(=O)N2CCCC2)N(C)C(=O)[C@H](C2CCCCC2)N(C)C(=O)C2(CCCC2)NC(=O)[C@@H]2CCCN2C(=O)[C@H](CCc2ccc(C(F)(F)F)c(Cl)c2)NC(=O)CN(C)C(=O)[C@H](CC2CCCCC2)N(C)C(=O)CN(C)C(=O)CN(C)C1=O. The van der Waals surface area contributed by atoms with Gasteiger partial charge >= 0.3 is 6.18 Å². The number of likely N-dealkylation sites (N-methyl/N-ethyl adjacent to an activating group) is 7. The Labute approximate surface area is 573 Å². The first kappa shape index (κ1) is 77.2. The van der Waals surface area contributed by atoms with Gasteiger partial charge in [0.2, 0.25) is 59.1 Å². The van der Waals surface area contributed by atoms with E-state index in [1.807, 2.05) is 0 Å². The lowest BCUT2D eigenvalue weighted by molar-refractivity contribution is -0.156. The molecule has 6 aliphatic rings. The second-order valence-corrected chi connectivity index (χ2v) is 28.5. The highest BCUT2D eigenvalue weighted by molar-refractivity contribution is 6.41. The lowest BCUT2D eigenvalue weighted by atomic mass is 9.81. The minimum Gasteiger partial charge on any atom is -0.343 e. The van der Waals surface area contributed by atoms with Gasteiger partial charge in [0.25, 0.3) is 11.8 Å². The Balaban J connectivity index is 1.27. The van der Waals surface area contributed by atoms with Crippen molar-refractivity contribution in [2.45, 2.75) is 216 Å². The molecule has 538 valence electrons. The third kappa shape index (κ3) is 19.0. The van der Waals surface area contributed by atoms with E-state index in [-0.39, 0.29) is 56.7 Å². The average molecular weight is 1380 g/mol. The van der Waals surface area contributed by atoms with Crippen LogP contribution in [0, 0.1) is 17.8 Å². The zero-order chi connectivity index (χ0) is 71.4. The van der Waals surface area contributed by atoms with Crippen LogP contribution in [0.3, 0.4) is 0 Å². The summed E-state index contributed by atoms with van der Waals surface area (Å²) in [6, 6.07) is -4.46. The zero-order valence-electron chi connectivity index (χ0n) is 58.3. The van der Waals surface area contributed by atoms with Crippen LogP contribution in [0.2, 0.25) is 5.02 Å². The van der Waals surface area contributed by atoms with Gasteiger partial charge in [0, 0.05) is 74.9 Å². The Morgan fingerprint density at radius 2 is 1.30 bits per heavy atom. The Bertz CT molecular complexity index is 3110. The summed E-state index contributed by atoms with van der Waals surface area (Å²) >= 11 is 6.15. The van der Waals surface area contributed by atoms with E-state index < -0.39 is 167 Å². The number of carbonyl (C=O) groups excluding carboxylic acids is 12. The van der Waals surface area contributed by atoms with Crippen molar-refractivity contribution in [2.24, 2.45) is 22.7 Å². The summed E-state index contributed by atoms with van der Waals surface area (Å²) in [6.45, 7) is 3.92. The van der Waals surface area contributed by atoms with E-state index in [9.17, 15) is 51.5 Å². The fourth-order valence-electron chi connectivity index (χ4n) is 14.8. The minimum atomic E-state index is -4.76. The van der Waals surface area contributed by atoms with Crippen LogP contribution in [0.25, 0.3) is 0 Å². The Hall–Kier alpha value is -7.19. The molecule has 3 aliphatic carbocycles. The van der Waals surface area contributed by atoms with Gasteiger partial charge in [0.15, 0.2) is 0 Å². The molecule has 1 spiro atoms. The molecule has 0 aromatic heterocycles. The molecule has 0 radical (unpaired) electrons. The lowest BCUT2D eigenvalue weighted by Crippen LogP contribution is -2.65. The number of alkyl halides is 3. The highest BCUT2D eigenvalue weighted by Gasteiger charge is 2.51. The molecule has 5 fully saturated rings. The maximum absolute atomic E-state index is 15.6. The topological polar surface area (TPSA) is 270 Å². The second kappa shape index (κ2) is 34.1. The van der Waals surface area contributed by atoms with Gasteiger partial charge in [-0.1, -0.05) is 95.7 Å². The highest BCUT2D eigenvalue weighted by atomic mass is 35.5. The van der Waals surface area contributed by atoms with Crippen LogP contribution >= 0.6 is 11.6 Å². The molecule has 3 saturated carbocycles. The Kier molecular flexibility index (Phi) is 27.1. The number of hydrogen-bond donors (Lipinski definition) is 2. The van der Waals surface area contributed by atoms with Gasteiger partial charge in [0.1, 0.15) is 47.5 Å². The molecule has 7 rings (SSSR count). The molecular formula is C69H102ClF3N12O12. The van der Waals surface area contributed by atoms with Crippen LogP contribution < -0.4 is 10.6 Å². The van der Waals surface area contributed by atoms with E-state index in [0.29, 0.717) is 70.0 Å². The standard InChI is InChI=1S/C69H102ClF3N12O12/c1-11-43(2)58-65(95)79(6)41-56(88)77(4)42-57(89)81(8)52(38-45-23-14-12-15-24-45)63(93)78(5)40-54(86)74-50(31-29-46-28-30-48(49(70)37-46)69(71,72)73)62(92)85-36-22-27-51(85)61(91)76-68(32-18-19-33-68)67(97)83(10)59(47-25-16-13-17-26-47)66(96)82(9)53(64(94)84-34-20-21-35-84)39-55(87)80(7)44(3)60(90)75-58/h28,30,37,43-45,47,50-53,59H,11-27,29,31-36,38-42H2,1-10H3,(H,74,86)(H,76,91)/t43-,44-,50-,51-,52-,53-,59-/m0/s1. The van der Waals surface area contributed by atoms with Crippen LogP contribution in [0.1, 0.15) is 173 Å². The van der Waals surface area contributed by atoms with Gasteiger partial charge < -0.3 is 54.7 Å². The van der Waals surface area contributed by atoms with Crippen LogP contribution in [0.15, 0.2) is 23.2 Å². The number of aliphatic imine (C=N–C) groups is 1. The predicted molar refractivity (Wildman–Crippen MR) is 356 cm³/mol. The van der Waals surface area contributed by atoms with Gasteiger partial charge in [-0.2, -0.15) is 13.2 Å². The minimum absolute atomic E-state index is 0.0170. The number of benzene rings is 1. The van der Waals surface area contributed by atoms with Crippen molar-refractivity contribution in [3.63, 3.8) is 0 Å². The fraction of sp³-hybridized carbons (Fsp3) is 0.725. The van der Waals surface area contributed by atoms with E-state index >= 15 is 19.2 Å². The number of amides is 12. The van der Waals surface area contributed by atoms with Gasteiger partial charge in [0.05, 0.1) is 36.6 Å². The van der Waals surface area contributed by atoms with Crippen molar-refractivity contribution >= 4 is 88.2 Å². The molecule has 7 atom stereocenters. The van der Waals surface area contributed by atoms with Gasteiger partial charge in [-0.25, -0.2) is 4.99 Å². The zero-order valence-corrected chi connectivity index (χ0v) is 59.1. The van der Waals surface area contributed by atoms with E-state index in [1.165, 1.54) is 81.9 Å². The number of nitrogens with one attached hydrogen (secondary N) is 2. The molecule has 1 aromatic carbocycles. The molecular weight excluding hydrogens is 1280 g/mol. The highest BCUT2D eigenvalue weighted by Crippen LogP contribution is 2.38. The maximum atomic E-state index is 15.6. The summed E-state index contributed by atoms with van der Waals surface area (Å²) in [5.41, 5.74) is -2.53. The van der Waals surface area contributed by atoms with E-state index in [2.05, 4.69) is 15.6 Å². The number of fused-ring (bicyclic) bond motifs is 1. The maximum Gasteiger partial charge on any atom is 0.417 e. The average Bonchev–Trinajstić information content (AvgIpc) is 1.76. The first-order valence-corrected chi connectivity index (χ1v) is 35.2. The van der Waals surface area contributed by atoms with Crippen LogP contribution in [-0.4, -0.2) is 251 Å². The number of likely N-dealkylation sites (tertiary alicyclic amines) is 1. The Morgan fingerprint density at radius 3 is 1.91 bits per heavy atom. The number of carbonyl (C=O) groups is 12. The first-order valence-electron chi connectivity index (χ1n) is 34.8. The number of halogens is 4. The molecule has 3 aliphatic heterocycles. The van der Waals surface area contributed by atoms with Crippen molar-refractivity contribution in [3.8, 4) is 0 Å². The second-order valence-electron chi connectivity index (χ2n) is 28.1. The van der Waals surface area contributed by atoms with Gasteiger partial charge in [-0.3, -0.25) is 57.5 Å². The number of nitrogens with zero attached hydrogens (tertiary/aromatic N) is 10. The lowest BCUT2D eigenvalue weighted by Gasteiger charge is -2.43. The summed E-state index contributed by atoms with van der Waals surface area (Å²) in [6.07, 6.45) is 5.96. The molecule has 3 heterocycles. The van der Waals surface area contributed by atoms with Gasteiger partial charge in [-0.05, 0) is 114 Å². The summed E-state index contributed by atoms with van der Waals surface area (Å²) in [7, 11) is 9.78. The monoisotopic (exact) mass is 1380 g/mol. The van der Waals surface area contributed by atoms with Crippen molar-refractivity contribution < 1.29 is 70.7 Å². The van der Waals surface area contributed by atoms with E-state index in [1.54, 1.807) is 18.7 Å². The summed E-state index contributed by atoms with van der Waals surface area (Å²) < 4.78 is 41.5. The molecule has 2 N–H and O–H groups in total. The number of aryl methyl sites for hydroxylation is 1. The van der Waals surface area contributed by atoms with Gasteiger partial charge in [-0.15, -0.1) is 0 Å². The van der Waals surface area contributed by atoms with Crippen molar-refractivity contribution in [1.29, 1.82) is 0 Å². The van der Waals surface area contributed by atoms with E-state index in [4.69, 9.17) is 11.6 Å². The predicted octanol–water partition coefficient (Wildman–Crippen LogP) is 5.49. The summed E-state index contributed by atoms with van der Waals surface area (Å²) in [4.78, 5) is 192.